The van der Waals surface area contributed by atoms with Crippen molar-refractivity contribution in [3.63, 3.8) is 0 Å². The van der Waals surface area contributed by atoms with Crippen LogP contribution in [0.2, 0.25) is 0 Å². The molecule has 0 bridgehead atoms. The Kier molecular flexibility index (Phi) is 3.41. The molecule has 4 rings (SSSR count). The molecule has 0 aliphatic heterocycles. The van der Waals surface area contributed by atoms with E-state index in [0.717, 1.165) is 34.7 Å². The number of phenols is 1. The molecule has 1 aliphatic rings. The number of aromatic hydroxyl groups is 1. The Morgan fingerprint density at radius 1 is 1.08 bits per heavy atom. The predicted molar refractivity (Wildman–Crippen MR) is 90.2 cm³/mol. The lowest BCUT2D eigenvalue weighted by atomic mass is 10.0. The third kappa shape index (κ3) is 2.80. The first-order valence-corrected chi connectivity index (χ1v) is 7.80. The van der Waals surface area contributed by atoms with E-state index in [1.54, 1.807) is 12.3 Å². The molecule has 0 saturated heterocycles. The maximum Gasteiger partial charge on any atom is 0.228 e. The minimum Gasteiger partial charge on any atom is -0.505 e. The average Bonchev–Trinajstić information content (AvgIpc) is 3.42. The number of nitrogens with zero attached hydrogens (tertiary/aromatic N) is 1. The smallest absolute Gasteiger partial charge is 0.228 e. The van der Waals surface area contributed by atoms with Crippen LogP contribution >= 0.6 is 0 Å². The van der Waals surface area contributed by atoms with Crippen molar-refractivity contribution in [3.8, 4) is 16.9 Å². The normalized spacial score (nSPS) is 13.9. The molecule has 1 aliphatic carbocycles. The van der Waals surface area contributed by atoms with E-state index in [1.807, 2.05) is 24.3 Å². The number of benzene rings is 2. The fraction of sp³-hybridized carbons (Fsp3) is 0.158. The summed E-state index contributed by atoms with van der Waals surface area (Å²) < 4.78 is 13.2. The van der Waals surface area contributed by atoms with Crippen molar-refractivity contribution in [2.75, 3.05) is 5.32 Å². The van der Waals surface area contributed by atoms with E-state index in [2.05, 4.69) is 10.3 Å². The Morgan fingerprint density at radius 2 is 1.83 bits per heavy atom. The van der Waals surface area contributed by atoms with Crippen LogP contribution in [0.25, 0.3) is 21.9 Å². The molecule has 1 amide bonds. The highest BCUT2D eigenvalue weighted by molar-refractivity contribution is 5.96. The van der Waals surface area contributed by atoms with Crippen LogP contribution in [0.5, 0.6) is 5.75 Å². The zero-order valence-electron chi connectivity index (χ0n) is 12.8. The molecule has 3 aromatic rings. The van der Waals surface area contributed by atoms with Gasteiger partial charge in [-0.15, -0.1) is 0 Å². The van der Waals surface area contributed by atoms with E-state index in [-0.39, 0.29) is 17.6 Å². The first-order chi connectivity index (χ1) is 11.6. The van der Waals surface area contributed by atoms with E-state index in [9.17, 15) is 14.3 Å². The molecule has 120 valence electrons. The number of rotatable bonds is 3. The Hall–Kier alpha value is -2.95. The van der Waals surface area contributed by atoms with Gasteiger partial charge in [-0.3, -0.25) is 4.79 Å². The van der Waals surface area contributed by atoms with Gasteiger partial charge in [-0.2, -0.15) is 0 Å². The number of carbonyl (C=O) groups is 1. The maximum absolute atomic E-state index is 13.2. The van der Waals surface area contributed by atoms with Crippen molar-refractivity contribution in [2.24, 2.45) is 5.92 Å². The van der Waals surface area contributed by atoms with Gasteiger partial charge in [0.1, 0.15) is 5.82 Å². The van der Waals surface area contributed by atoms with Crippen molar-refractivity contribution in [1.82, 2.24) is 4.98 Å². The molecule has 24 heavy (non-hydrogen) atoms. The number of nitrogens with one attached hydrogen (secondary N) is 1. The molecule has 0 atom stereocenters. The molecule has 0 radical (unpaired) electrons. The highest BCUT2D eigenvalue weighted by atomic mass is 19.1. The third-order valence-corrected chi connectivity index (χ3v) is 4.20. The molecule has 1 saturated carbocycles. The SMILES string of the molecule is O=C(Nc1cc2ccc(-c3ccc(F)c(O)c3)cc2cn1)C1CC1. The van der Waals surface area contributed by atoms with E-state index < -0.39 is 5.82 Å². The van der Waals surface area contributed by atoms with Crippen LogP contribution in [-0.2, 0) is 4.79 Å². The fourth-order valence-electron chi connectivity index (χ4n) is 2.66. The number of phenolic OH excluding ortho intramolecular Hbond substituents is 1. The molecule has 1 heterocycles. The topological polar surface area (TPSA) is 62.2 Å². The largest absolute Gasteiger partial charge is 0.505 e. The molecule has 2 N–H and O–H groups in total. The lowest BCUT2D eigenvalue weighted by Crippen LogP contribution is -2.14. The van der Waals surface area contributed by atoms with Crippen LogP contribution < -0.4 is 5.32 Å². The summed E-state index contributed by atoms with van der Waals surface area (Å²) in [6.07, 6.45) is 3.60. The first-order valence-electron chi connectivity index (χ1n) is 7.80. The van der Waals surface area contributed by atoms with Crippen LogP contribution in [0.1, 0.15) is 12.8 Å². The molecule has 5 heteroatoms. The number of pyridine rings is 1. The molecular weight excluding hydrogens is 307 g/mol. The Balaban J connectivity index is 1.65. The number of carbonyl (C=O) groups excluding carboxylic acids is 1. The predicted octanol–water partition coefficient (Wildman–Crippen LogP) is 4.10. The van der Waals surface area contributed by atoms with Gasteiger partial charge in [0, 0.05) is 17.5 Å². The quantitative estimate of drug-likeness (QED) is 0.763. The number of halogens is 1. The third-order valence-electron chi connectivity index (χ3n) is 4.20. The number of aromatic nitrogens is 1. The van der Waals surface area contributed by atoms with Gasteiger partial charge in [0.05, 0.1) is 0 Å². The monoisotopic (exact) mass is 322 g/mol. The second-order valence-corrected chi connectivity index (χ2v) is 6.06. The Morgan fingerprint density at radius 3 is 2.58 bits per heavy atom. The van der Waals surface area contributed by atoms with Gasteiger partial charge in [-0.1, -0.05) is 18.2 Å². The van der Waals surface area contributed by atoms with Crippen LogP contribution in [-0.4, -0.2) is 16.0 Å². The number of anilines is 1. The number of amides is 1. The molecule has 0 spiro atoms. The summed E-state index contributed by atoms with van der Waals surface area (Å²) in [6, 6.07) is 11.8. The minimum atomic E-state index is -0.641. The summed E-state index contributed by atoms with van der Waals surface area (Å²) in [4.78, 5) is 16.1. The summed E-state index contributed by atoms with van der Waals surface area (Å²) in [5, 5.41) is 14.2. The van der Waals surface area contributed by atoms with Crippen LogP contribution in [0.15, 0.2) is 48.7 Å². The van der Waals surface area contributed by atoms with E-state index in [1.165, 1.54) is 12.1 Å². The summed E-state index contributed by atoms with van der Waals surface area (Å²) in [7, 11) is 0. The van der Waals surface area contributed by atoms with Crippen LogP contribution in [0.4, 0.5) is 10.2 Å². The van der Waals surface area contributed by atoms with Gasteiger partial charge in [0.25, 0.3) is 0 Å². The molecule has 4 nitrogen and oxygen atoms in total. The molecule has 1 fully saturated rings. The van der Waals surface area contributed by atoms with Crippen molar-refractivity contribution >= 4 is 22.5 Å². The number of hydrogen-bond acceptors (Lipinski definition) is 3. The van der Waals surface area contributed by atoms with Crippen LogP contribution in [0, 0.1) is 11.7 Å². The second kappa shape index (κ2) is 5.60. The lowest BCUT2D eigenvalue weighted by Gasteiger charge is -2.07. The summed E-state index contributed by atoms with van der Waals surface area (Å²) in [6.45, 7) is 0. The highest BCUT2D eigenvalue weighted by Crippen LogP contribution is 2.31. The van der Waals surface area contributed by atoms with Gasteiger partial charge in [-0.25, -0.2) is 9.37 Å². The van der Waals surface area contributed by atoms with Crippen molar-refractivity contribution < 1.29 is 14.3 Å². The summed E-state index contributed by atoms with van der Waals surface area (Å²) >= 11 is 0. The van der Waals surface area contributed by atoms with Gasteiger partial charge in [0.2, 0.25) is 5.91 Å². The Labute approximate surface area is 138 Å². The van der Waals surface area contributed by atoms with E-state index >= 15 is 0 Å². The Bertz CT molecular complexity index is 951. The molecular formula is C19H15FN2O2. The standard InChI is InChI=1S/C19H15FN2O2/c20-16-6-5-13(8-17(16)23)12-3-4-14-9-18(21-10-15(14)7-12)22-19(24)11-1-2-11/h3-11,23H,1-2H2,(H,21,22,24). The molecule has 0 unspecified atom stereocenters. The number of fused-ring (bicyclic) bond motifs is 1. The van der Waals surface area contributed by atoms with E-state index in [4.69, 9.17) is 0 Å². The zero-order valence-corrected chi connectivity index (χ0v) is 12.8. The van der Waals surface area contributed by atoms with Crippen molar-refractivity contribution in [2.45, 2.75) is 12.8 Å². The zero-order chi connectivity index (χ0) is 16.7. The highest BCUT2D eigenvalue weighted by Gasteiger charge is 2.29. The van der Waals surface area contributed by atoms with Gasteiger partial charge >= 0.3 is 0 Å². The second-order valence-electron chi connectivity index (χ2n) is 6.06. The van der Waals surface area contributed by atoms with Crippen LogP contribution in [0.3, 0.4) is 0 Å². The summed E-state index contributed by atoms with van der Waals surface area (Å²) in [5.74, 6) is -0.302. The average molecular weight is 322 g/mol. The number of hydrogen-bond donors (Lipinski definition) is 2. The van der Waals surface area contributed by atoms with Crippen molar-refractivity contribution in [1.29, 1.82) is 0 Å². The maximum atomic E-state index is 13.2. The van der Waals surface area contributed by atoms with Crippen molar-refractivity contribution in [3.05, 3.63) is 54.5 Å². The lowest BCUT2D eigenvalue weighted by molar-refractivity contribution is -0.117. The van der Waals surface area contributed by atoms with Gasteiger partial charge in [0.15, 0.2) is 11.6 Å². The minimum absolute atomic E-state index is 0.0280. The fourth-order valence-corrected chi connectivity index (χ4v) is 2.66. The molecule has 2 aromatic carbocycles. The first kappa shape index (κ1) is 14.6. The molecule has 1 aromatic heterocycles. The summed E-state index contributed by atoms with van der Waals surface area (Å²) in [5.41, 5.74) is 1.58. The van der Waals surface area contributed by atoms with E-state index in [0.29, 0.717) is 5.82 Å². The van der Waals surface area contributed by atoms with Gasteiger partial charge in [-0.05, 0) is 53.6 Å². The van der Waals surface area contributed by atoms with Gasteiger partial charge < -0.3 is 10.4 Å².